The number of thiazole rings is 1. The maximum absolute atomic E-state index is 13.3. The van der Waals surface area contributed by atoms with E-state index in [9.17, 15) is 4.79 Å². The van der Waals surface area contributed by atoms with Crippen molar-refractivity contribution in [3.8, 4) is 0 Å². The SMILES string of the molecule is Cc1ccc(C2C=C(c3cccn3C)N=c3sc(=Cc4ccccc4)c(=O)n32)s1. The van der Waals surface area contributed by atoms with Gasteiger partial charge in [0.05, 0.1) is 22.0 Å². The Morgan fingerprint density at radius 2 is 1.86 bits per heavy atom. The molecule has 144 valence electrons. The summed E-state index contributed by atoms with van der Waals surface area (Å²) in [6, 6.07) is 18.1. The molecule has 0 saturated carbocycles. The van der Waals surface area contributed by atoms with Gasteiger partial charge in [-0.2, -0.15) is 0 Å². The van der Waals surface area contributed by atoms with Gasteiger partial charge in [-0.3, -0.25) is 9.36 Å². The summed E-state index contributed by atoms with van der Waals surface area (Å²) in [5, 5.41) is 0. The van der Waals surface area contributed by atoms with Crippen LogP contribution in [0.15, 0.2) is 76.7 Å². The lowest BCUT2D eigenvalue weighted by Crippen LogP contribution is -2.36. The molecule has 4 heterocycles. The lowest BCUT2D eigenvalue weighted by Gasteiger charge is -2.18. The van der Waals surface area contributed by atoms with Gasteiger partial charge in [0, 0.05) is 23.0 Å². The number of nitrogens with zero attached hydrogens (tertiary/aromatic N) is 3. The van der Waals surface area contributed by atoms with Gasteiger partial charge in [0.25, 0.3) is 5.56 Å². The van der Waals surface area contributed by atoms with Crippen LogP contribution in [0.4, 0.5) is 0 Å². The van der Waals surface area contributed by atoms with Crippen LogP contribution in [0, 0.1) is 6.92 Å². The molecular formula is C23H19N3OS2. The van der Waals surface area contributed by atoms with E-state index in [0.29, 0.717) is 4.53 Å². The molecule has 4 aromatic rings. The molecule has 0 radical (unpaired) electrons. The predicted octanol–water partition coefficient (Wildman–Crippen LogP) is 3.71. The summed E-state index contributed by atoms with van der Waals surface area (Å²) in [6.07, 6.45) is 6.07. The highest BCUT2D eigenvalue weighted by Crippen LogP contribution is 2.30. The highest BCUT2D eigenvalue weighted by Gasteiger charge is 2.24. The van der Waals surface area contributed by atoms with E-state index >= 15 is 0 Å². The number of hydrogen-bond donors (Lipinski definition) is 0. The molecule has 0 saturated heterocycles. The summed E-state index contributed by atoms with van der Waals surface area (Å²) < 4.78 is 4.59. The first-order valence-corrected chi connectivity index (χ1v) is 11.0. The molecule has 3 aromatic heterocycles. The van der Waals surface area contributed by atoms with Crippen LogP contribution in [0.1, 0.15) is 27.1 Å². The zero-order valence-electron chi connectivity index (χ0n) is 16.1. The second-order valence-electron chi connectivity index (χ2n) is 7.04. The van der Waals surface area contributed by atoms with Crippen LogP contribution < -0.4 is 14.9 Å². The van der Waals surface area contributed by atoms with Crippen molar-refractivity contribution in [1.29, 1.82) is 0 Å². The molecule has 0 fully saturated rings. The Balaban J connectivity index is 1.75. The highest BCUT2D eigenvalue weighted by molar-refractivity contribution is 7.12. The Kier molecular flexibility index (Phi) is 4.45. The molecule has 0 amide bonds. The zero-order valence-corrected chi connectivity index (χ0v) is 17.7. The number of benzene rings is 1. The van der Waals surface area contributed by atoms with E-state index in [1.807, 2.05) is 60.3 Å². The van der Waals surface area contributed by atoms with Crippen molar-refractivity contribution in [3.05, 3.63) is 108 Å². The standard InChI is InChI=1S/C23H19N3OS2/c1-15-10-11-20(28-15)19-14-17(18-9-6-12-25(18)2)24-23-26(19)22(27)21(29-23)13-16-7-4-3-5-8-16/h3-14,19H,1-2H3. The Hall–Kier alpha value is -2.96. The first-order chi connectivity index (χ1) is 14.1. The van der Waals surface area contributed by atoms with Crippen molar-refractivity contribution in [2.75, 3.05) is 0 Å². The average Bonchev–Trinajstić information content (AvgIpc) is 3.42. The van der Waals surface area contributed by atoms with Crippen molar-refractivity contribution in [3.63, 3.8) is 0 Å². The van der Waals surface area contributed by atoms with Crippen LogP contribution in [-0.4, -0.2) is 9.13 Å². The van der Waals surface area contributed by atoms with Crippen molar-refractivity contribution >= 4 is 34.4 Å². The van der Waals surface area contributed by atoms with E-state index in [0.717, 1.165) is 26.6 Å². The summed E-state index contributed by atoms with van der Waals surface area (Å²) in [7, 11) is 2.01. The monoisotopic (exact) mass is 417 g/mol. The van der Waals surface area contributed by atoms with Crippen molar-refractivity contribution < 1.29 is 0 Å². The van der Waals surface area contributed by atoms with Crippen molar-refractivity contribution in [1.82, 2.24) is 9.13 Å². The summed E-state index contributed by atoms with van der Waals surface area (Å²) in [5.41, 5.74) is 2.98. The molecule has 1 aromatic carbocycles. The van der Waals surface area contributed by atoms with E-state index in [2.05, 4.69) is 35.8 Å². The first kappa shape index (κ1) is 18.1. The average molecular weight is 418 g/mol. The molecule has 0 aliphatic carbocycles. The van der Waals surface area contributed by atoms with Gasteiger partial charge < -0.3 is 4.57 Å². The van der Waals surface area contributed by atoms with Gasteiger partial charge in [-0.05, 0) is 48.9 Å². The minimum atomic E-state index is -0.146. The Morgan fingerprint density at radius 3 is 2.55 bits per heavy atom. The van der Waals surface area contributed by atoms with Gasteiger partial charge in [-0.1, -0.05) is 41.7 Å². The number of aryl methyl sites for hydroxylation is 2. The number of aromatic nitrogens is 2. The molecule has 1 atom stereocenters. The summed E-state index contributed by atoms with van der Waals surface area (Å²) in [6.45, 7) is 2.09. The third kappa shape index (κ3) is 3.24. The summed E-state index contributed by atoms with van der Waals surface area (Å²) in [4.78, 5) is 21.3. The fraction of sp³-hybridized carbons (Fsp3) is 0.130. The maximum atomic E-state index is 13.3. The van der Waals surface area contributed by atoms with Gasteiger partial charge >= 0.3 is 0 Å². The molecule has 1 aliphatic rings. The van der Waals surface area contributed by atoms with Crippen LogP contribution in [-0.2, 0) is 7.05 Å². The smallest absolute Gasteiger partial charge is 0.271 e. The van der Waals surface area contributed by atoms with Crippen LogP contribution in [0.5, 0.6) is 0 Å². The van der Waals surface area contributed by atoms with E-state index in [1.54, 1.807) is 11.3 Å². The Morgan fingerprint density at radius 1 is 1.03 bits per heavy atom. The van der Waals surface area contributed by atoms with Gasteiger partial charge in [0.15, 0.2) is 4.80 Å². The highest BCUT2D eigenvalue weighted by atomic mass is 32.1. The number of allylic oxidation sites excluding steroid dienone is 1. The predicted molar refractivity (Wildman–Crippen MR) is 120 cm³/mol. The molecule has 1 unspecified atom stereocenters. The van der Waals surface area contributed by atoms with Gasteiger partial charge in [-0.25, -0.2) is 4.99 Å². The second-order valence-corrected chi connectivity index (χ2v) is 9.37. The number of fused-ring (bicyclic) bond motifs is 1. The molecule has 5 rings (SSSR count). The minimum Gasteiger partial charge on any atom is -0.349 e. The van der Waals surface area contributed by atoms with E-state index in [-0.39, 0.29) is 11.6 Å². The quantitative estimate of drug-likeness (QED) is 0.501. The van der Waals surface area contributed by atoms with Gasteiger partial charge in [0.1, 0.15) is 0 Å². The number of rotatable bonds is 3. The summed E-state index contributed by atoms with van der Waals surface area (Å²) in [5.74, 6) is 0. The third-order valence-electron chi connectivity index (χ3n) is 5.00. The largest absolute Gasteiger partial charge is 0.349 e. The van der Waals surface area contributed by atoms with Crippen LogP contribution in [0.3, 0.4) is 0 Å². The van der Waals surface area contributed by atoms with Gasteiger partial charge in [-0.15, -0.1) is 11.3 Å². The molecule has 6 heteroatoms. The van der Waals surface area contributed by atoms with Gasteiger partial charge in [0.2, 0.25) is 0 Å². The van der Waals surface area contributed by atoms with Crippen LogP contribution in [0.25, 0.3) is 11.8 Å². The van der Waals surface area contributed by atoms with E-state index in [4.69, 9.17) is 4.99 Å². The molecule has 1 aliphatic heterocycles. The van der Waals surface area contributed by atoms with E-state index in [1.165, 1.54) is 16.2 Å². The van der Waals surface area contributed by atoms with Crippen molar-refractivity contribution in [2.45, 2.75) is 13.0 Å². The first-order valence-electron chi connectivity index (χ1n) is 9.37. The van der Waals surface area contributed by atoms with Crippen LogP contribution >= 0.6 is 22.7 Å². The molecule has 0 spiro atoms. The fourth-order valence-corrected chi connectivity index (χ4v) is 5.52. The van der Waals surface area contributed by atoms with Crippen LogP contribution in [0.2, 0.25) is 0 Å². The second kappa shape index (κ2) is 7.13. The third-order valence-corrected chi connectivity index (χ3v) is 7.06. The van der Waals surface area contributed by atoms with Crippen molar-refractivity contribution in [2.24, 2.45) is 12.0 Å². The minimum absolute atomic E-state index is 0.0100. The number of thiophene rings is 1. The maximum Gasteiger partial charge on any atom is 0.271 e. The Labute approximate surface area is 176 Å². The normalized spacial score (nSPS) is 16.4. The number of hydrogen-bond acceptors (Lipinski definition) is 4. The molecule has 0 bridgehead atoms. The molecular weight excluding hydrogens is 398 g/mol. The Bertz CT molecular complexity index is 1400. The molecule has 0 N–H and O–H groups in total. The lowest BCUT2D eigenvalue weighted by atomic mass is 10.1. The topological polar surface area (TPSA) is 39.3 Å². The zero-order chi connectivity index (χ0) is 20.0. The summed E-state index contributed by atoms with van der Waals surface area (Å²) >= 11 is 3.18. The lowest BCUT2D eigenvalue weighted by molar-refractivity contribution is 0.652. The van der Waals surface area contributed by atoms with E-state index < -0.39 is 0 Å². The molecule has 29 heavy (non-hydrogen) atoms. The molecule has 4 nitrogen and oxygen atoms in total. The fourth-order valence-electron chi connectivity index (χ4n) is 3.57.